The summed E-state index contributed by atoms with van der Waals surface area (Å²) in [5, 5.41) is 6.52. The second kappa shape index (κ2) is 11.7. The molecule has 0 aromatic heterocycles. The fourth-order valence-electron chi connectivity index (χ4n) is 3.83. The number of methoxy groups -OCH3 is 1. The summed E-state index contributed by atoms with van der Waals surface area (Å²) in [7, 11) is 3.49. The van der Waals surface area contributed by atoms with Gasteiger partial charge in [-0.1, -0.05) is 24.3 Å². The number of benzene rings is 1. The fourth-order valence-corrected chi connectivity index (χ4v) is 3.83. The molecule has 2 unspecified atom stereocenters. The SMILES string of the molecule is CN=C(NC1CC1c1ccccc1C)N1CCN(CC(=O)NCCOC)CC1.I. The van der Waals surface area contributed by atoms with E-state index in [2.05, 4.69) is 56.6 Å². The molecule has 3 rings (SSSR count). The Labute approximate surface area is 191 Å². The molecule has 8 heteroatoms. The Bertz CT molecular complexity index is 691. The number of ether oxygens (including phenoxy) is 1. The van der Waals surface area contributed by atoms with Gasteiger partial charge in [0.15, 0.2) is 5.96 Å². The normalized spacial score (nSPS) is 22.0. The number of aryl methyl sites for hydroxylation is 1. The van der Waals surface area contributed by atoms with Gasteiger partial charge in [-0.3, -0.25) is 14.7 Å². The molecule has 1 saturated carbocycles. The van der Waals surface area contributed by atoms with Crippen molar-refractivity contribution in [2.24, 2.45) is 4.99 Å². The van der Waals surface area contributed by atoms with Crippen LogP contribution in [0.5, 0.6) is 0 Å². The molecule has 1 aliphatic carbocycles. The van der Waals surface area contributed by atoms with Gasteiger partial charge in [-0.25, -0.2) is 0 Å². The third kappa shape index (κ3) is 6.82. The molecule has 2 fully saturated rings. The molecule has 162 valence electrons. The predicted octanol–water partition coefficient (Wildman–Crippen LogP) is 1.42. The molecule has 29 heavy (non-hydrogen) atoms. The number of halogens is 1. The minimum absolute atomic E-state index is 0. The van der Waals surface area contributed by atoms with Crippen LogP contribution < -0.4 is 10.6 Å². The first-order valence-electron chi connectivity index (χ1n) is 10.1. The van der Waals surface area contributed by atoms with Gasteiger partial charge in [-0.2, -0.15) is 0 Å². The zero-order chi connectivity index (χ0) is 19.9. The number of carbonyl (C=O) groups is 1. The number of rotatable bonds is 7. The minimum atomic E-state index is 0. The lowest BCUT2D eigenvalue weighted by atomic mass is 10.0. The van der Waals surface area contributed by atoms with E-state index in [1.54, 1.807) is 7.11 Å². The van der Waals surface area contributed by atoms with E-state index in [1.807, 2.05) is 7.05 Å². The maximum absolute atomic E-state index is 12.0. The van der Waals surface area contributed by atoms with Crippen LogP contribution in [0.2, 0.25) is 0 Å². The largest absolute Gasteiger partial charge is 0.383 e. The summed E-state index contributed by atoms with van der Waals surface area (Å²) < 4.78 is 4.96. The highest BCUT2D eigenvalue weighted by molar-refractivity contribution is 14.0. The number of hydrogen-bond acceptors (Lipinski definition) is 4. The highest BCUT2D eigenvalue weighted by Crippen LogP contribution is 2.42. The molecular weight excluding hydrogens is 481 g/mol. The Hall–Kier alpha value is -1.39. The van der Waals surface area contributed by atoms with Crippen molar-refractivity contribution < 1.29 is 9.53 Å². The van der Waals surface area contributed by atoms with E-state index in [1.165, 1.54) is 11.1 Å². The molecule has 1 heterocycles. The van der Waals surface area contributed by atoms with Crippen molar-refractivity contribution in [1.29, 1.82) is 0 Å². The molecule has 2 N–H and O–H groups in total. The van der Waals surface area contributed by atoms with Gasteiger partial charge in [-0.05, 0) is 24.5 Å². The van der Waals surface area contributed by atoms with Gasteiger partial charge in [0.1, 0.15) is 0 Å². The lowest BCUT2D eigenvalue weighted by Gasteiger charge is -2.36. The number of aliphatic imine (C=N–C) groups is 1. The lowest BCUT2D eigenvalue weighted by Crippen LogP contribution is -2.54. The average molecular weight is 515 g/mol. The summed E-state index contributed by atoms with van der Waals surface area (Å²) in [6.07, 6.45) is 1.16. The summed E-state index contributed by atoms with van der Waals surface area (Å²) in [6.45, 7) is 7.24. The van der Waals surface area contributed by atoms with E-state index < -0.39 is 0 Å². The van der Waals surface area contributed by atoms with Gasteiger partial charge in [0.2, 0.25) is 5.91 Å². The van der Waals surface area contributed by atoms with E-state index in [4.69, 9.17) is 4.74 Å². The van der Waals surface area contributed by atoms with Crippen LogP contribution in [0.4, 0.5) is 0 Å². The Morgan fingerprint density at radius 3 is 2.62 bits per heavy atom. The van der Waals surface area contributed by atoms with E-state index in [-0.39, 0.29) is 29.9 Å². The van der Waals surface area contributed by atoms with Gasteiger partial charge in [0.05, 0.1) is 13.2 Å². The van der Waals surface area contributed by atoms with Crippen molar-refractivity contribution in [3.63, 3.8) is 0 Å². The molecule has 1 aromatic carbocycles. The van der Waals surface area contributed by atoms with E-state index in [9.17, 15) is 4.79 Å². The zero-order valence-electron chi connectivity index (χ0n) is 17.7. The van der Waals surface area contributed by atoms with E-state index in [0.29, 0.717) is 31.7 Å². The summed E-state index contributed by atoms with van der Waals surface area (Å²) in [5.41, 5.74) is 2.81. The van der Waals surface area contributed by atoms with Crippen molar-refractivity contribution in [2.75, 3.05) is 60.0 Å². The van der Waals surface area contributed by atoms with Crippen molar-refractivity contribution in [1.82, 2.24) is 20.4 Å². The molecular formula is C21H34IN5O2. The van der Waals surface area contributed by atoms with Gasteiger partial charge in [0, 0.05) is 58.8 Å². The van der Waals surface area contributed by atoms with Crippen molar-refractivity contribution >= 4 is 35.8 Å². The number of nitrogens with zero attached hydrogens (tertiary/aromatic N) is 3. The fraction of sp³-hybridized carbons (Fsp3) is 0.619. The third-order valence-corrected chi connectivity index (χ3v) is 5.57. The van der Waals surface area contributed by atoms with Crippen molar-refractivity contribution in [3.05, 3.63) is 35.4 Å². The van der Waals surface area contributed by atoms with Crippen LogP contribution in [-0.2, 0) is 9.53 Å². The molecule has 2 atom stereocenters. The molecule has 7 nitrogen and oxygen atoms in total. The third-order valence-electron chi connectivity index (χ3n) is 5.57. The smallest absolute Gasteiger partial charge is 0.234 e. The van der Waals surface area contributed by atoms with Crippen LogP contribution in [0.25, 0.3) is 0 Å². The van der Waals surface area contributed by atoms with Crippen LogP contribution in [0.1, 0.15) is 23.5 Å². The topological polar surface area (TPSA) is 69.2 Å². The second-order valence-electron chi connectivity index (χ2n) is 7.60. The number of nitrogens with one attached hydrogen (secondary N) is 2. The van der Waals surface area contributed by atoms with Crippen LogP contribution >= 0.6 is 24.0 Å². The monoisotopic (exact) mass is 515 g/mol. The van der Waals surface area contributed by atoms with Crippen molar-refractivity contribution in [3.8, 4) is 0 Å². The first-order chi connectivity index (χ1) is 13.6. The van der Waals surface area contributed by atoms with Gasteiger partial charge >= 0.3 is 0 Å². The summed E-state index contributed by atoms with van der Waals surface area (Å²) in [5.74, 6) is 1.62. The Balaban J connectivity index is 0.00000300. The Kier molecular flexibility index (Phi) is 9.64. The summed E-state index contributed by atoms with van der Waals surface area (Å²) in [4.78, 5) is 20.9. The molecule has 1 saturated heterocycles. The van der Waals surface area contributed by atoms with Crippen LogP contribution in [0, 0.1) is 6.92 Å². The maximum atomic E-state index is 12.0. The Morgan fingerprint density at radius 2 is 1.97 bits per heavy atom. The summed E-state index contributed by atoms with van der Waals surface area (Å²) >= 11 is 0. The molecule has 0 radical (unpaired) electrons. The number of hydrogen-bond donors (Lipinski definition) is 2. The number of amides is 1. The van der Waals surface area contributed by atoms with Crippen molar-refractivity contribution in [2.45, 2.75) is 25.3 Å². The molecule has 1 aliphatic heterocycles. The number of guanidine groups is 1. The first kappa shape index (κ1) is 23.9. The summed E-state index contributed by atoms with van der Waals surface area (Å²) in [6, 6.07) is 9.10. The van der Waals surface area contributed by atoms with E-state index in [0.717, 1.165) is 38.6 Å². The molecule has 2 aliphatic rings. The quantitative estimate of drug-likeness (QED) is 0.249. The van der Waals surface area contributed by atoms with E-state index >= 15 is 0 Å². The second-order valence-corrected chi connectivity index (χ2v) is 7.60. The number of piperazine rings is 1. The number of carbonyl (C=O) groups excluding carboxylic acids is 1. The van der Waals surface area contributed by atoms with Gasteiger partial charge < -0.3 is 20.3 Å². The highest BCUT2D eigenvalue weighted by atomic mass is 127. The molecule has 0 bridgehead atoms. The average Bonchev–Trinajstić information content (AvgIpc) is 3.46. The zero-order valence-corrected chi connectivity index (χ0v) is 20.0. The Morgan fingerprint density at radius 1 is 1.24 bits per heavy atom. The minimum Gasteiger partial charge on any atom is -0.383 e. The standard InChI is InChI=1S/C21H33N5O2.HI/c1-16-6-4-5-7-17(16)18-14-19(18)24-21(22-2)26-11-9-25(10-12-26)15-20(27)23-8-13-28-3;/h4-7,18-19H,8-15H2,1-3H3,(H,22,24)(H,23,27);1H. The lowest BCUT2D eigenvalue weighted by molar-refractivity contribution is -0.122. The highest BCUT2D eigenvalue weighted by Gasteiger charge is 2.40. The molecule has 1 amide bonds. The van der Waals surface area contributed by atoms with Gasteiger partial charge in [-0.15, -0.1) is 24.0 Å². The van der Waals surface area contributed by atoms with Crippen LogP contribution in [-0.4, -0.2) is 87.7 Å². The molecule has 0 spiro atoms. The van der Waals surface area contributed by atoms with Crippen LogP contribution in [0.3, 0.4) is 0 Å². The first-order valence-corrected chi connectivity index (χ1v) is 10.1. The predicted molar refractivity (Wildman–Crippen MR) is 127 cm³/mol. The molecule has 1 aromatic rings. The maximum Gasteiger partial charge on any atom is 0.234 e. The van der Waals surface area contributed by atoms with Crippen LogP contribution in [0.15, 0.2) is 29.3 Å². The van der Waals surface area contributed by atoms with Gasteiger partial charge in [0.25, 0.3) is 0 Å².